The van der Waals surface area contributed by atoms with Crippen molar-refractivity contribution >= 4 is 5.91 Å². The average Bonchev–Trinajstić information content (AvgIpc) is 3.23. The van der Waals surface area contributed by atoms with Gasteiger partial charge in [-0.05, 0) is 25.5 Å². The number of hydrogen-bond acceptors (Lipinski definition) is 3. The van der Waals surface area contributed by atoms with Crippen LogP contribution < -0.4 is 10.3 Å². The Bertz CT molecular complexity index is 788. The van der Waals surface area contributed by atoms with Crippen LogP contribution in [0.1, 0.15) is 116 Å². The predicted octanol–water partition coefficient (Wildman–Crippen LogP) is 8.10. The van der Waals surface area contributed by atoms with E-state index in [2.05, 4.69) is 17.5 Å². The molecule has 2 rings (SSSR count). The highest BCUT2D eigenvalue weighted by atomic mass is 16.7. The van der Waals surface area contributed by atoms with E-state index in [4.69, 9.17) is 4.84 Å². The van der Waals surface area contributed by atoms with Crippen LogP contribution in [0, 0.1) is 12.8 Å². The van der Waals surface area contributed by atoms with Crippen molar-refractivity contribution in [2.75, 3.05) is 0 Å². The van der Waals surface area contributed by atoms with Gasteiger partial charge in [0.1, 0.15) is 0 Å². The lowest BCUT2D eigenvalue weighted by Crippen LogP contribution is -2.32. The minimum atomic E-state index is -0.0758. The highest BCUT2D eigenvalue weighted by Gasteiger charge is 2.15. The zero-order valence-electron chi connectivity index (χ0n) is 21.9. The fourth-order valence-corrected chi connectivity index (χ4v) is 4.28. The topological polar surface area (TPSA) is 56.1 Å². The van der Waals surface area contributed by atoms with Crippen LogP contribution in [0.25, 0.3) is 5.69 Å². The Morgan fingerprint density at radius 1 is 0.882 bits per heavy atom. The van der Waals surface area contributed by atoms with Gasteiger partial charge in [0.2, 0.25) is 5.88 Å². The first-order valence-electron chi connectivity index (χ1n) is 13.7. The minimum absolute atomic E-state index is 0.0634. The molecule has 5 heteroatoms. The number of amides is 1. The molecule has 34 heavy (non-hydrogen) atoms. The summed E-state index contributed by atoms with van der Waals surface area (Å²) >= 11 is 0. The van der Waals surface area contributed by atoms with E-state index in [1.165, 1.54) is 83.5 Å². The molecule has 0 saturated carbocycles. The standard InChI is InChI=1S/C29H47N3O2/c1-4-5-6-7-8-9-10-11-12-13-14-15-16-18-21-25(2)29(33)31-34-28-24-26(3)30-32(28)27-22-19-17-20-23-27/h17,19-20,22-25H,4-16,18,21H2,1-3H3,(H,31,33). The quantitative estimate of drug-likeness (QED) is 0.167. The molecule has 190 valence electrons. The van der Waals surface area contributed by atoms with E-state index in [1.807, 2.05) is 50.2 Å². The monoisotopic (exact) mass is 469 g/mol. The summed E-state index contributed by atoms with van der Waals surface area (Å²) in [6.07, 6.45) is 19.7. The van der Waals surface area contributed by atoms with Gasteiger partial charge in [0.25, 0.3) is 5.91 Å². The molecular weight excluding hydrogens is 422 g/mol. The third-order valence-electron chi connectivity index (χ3n) is 6.49. The molecule has 1 atom stereocenters. The lowest BCUT2D eigenvalue weighted by Gasteiger charge is -2.13. The van der Waals surface area contributed by atoms with Gasteiger partial charge in [-0.2, -0.15) is 15.3 Å². The number of benzene rings is 1. The van der Waals surface area contributed by atoms with Gasteiger partial charge in [-0.25, -0.2) is 0 Å². The van der Waals surface area contributed by atoms with Crippen molar-refractivity contribution in [2.45, 2.75) is 117 Å². The summed E-state index contributed by atoms with van der Waals surface area (Å²) in [5, 5.41) is 4.46. The van der Waals surface area contributed by atoms with E-state index < -0.39 is 0 Å². The number of nitrogens with zero attached hydrogens (tertiary/aromatic N) is 2. The lowest BCUT2D eigenvalue weighted by atomic mass is 10.0. The molecule has 0 bridgehead atoms. The summed E-state index contributed by atoms with van der Waals surface area (Å²) in [7, 11) is 0. The largest absolute Gasteiger partial charge is 0.359 e. The SMILES string of the molecule is CCCCCCCCCCCCCCCCC(C)C(=O)NOc1cc(C)nn1-c1ccccc1. The number of hydroxylamine groups is 1. The molecule has 1 amide bonds. The van der Waals surface area contributed by atoms with Crippen molar-refractivity contribution in [1.29, 1.82) is 0 Å². The molecule has 0 fully saturated rings. The molecule has 1 aromatic heterocycles. The zero-order chi connectivity index (χ0) is 24.4. The Labute approximate surface area is 207 Å². The van der Waals surface area contributed by atoms with Gasteiger partial charge < -0.3 is 4.84 Å². The fraction of sp³-hybridized carbons (Fsp3) is 0.655. The van der Waals surface area contributed by atoms with Crippen LogP contribution in [-0.4, -0.2) is 15.7 Å². The summed E-state index contributed by atoms with van der Waals surface area (Å²) in [5.41, 5.74) is 4.36. The molecule has 1 unspecified atom stereocenters. The number of aryl methyl sites for hydroxylation is 1. The van der Waals surface area contributed by atoms with E-state index >= 15 is 0 Å². The summed E-state index contributed by atoms with van der Waals surface area (Å²) < 4.78 is 1.70. The first-order valence-corrected chi connectivity index (χ1v) is 13.7. The third kappa shape index (κ3) is 11.2. The highest BCUT2D eigenvalue weighted by Crippen LogP contribution is 2.19. The average molecular weight is 470 g/mol. The predicted molar refractivity (Wildman–Crippen MR) is 141 cm³/mol. The summed E-state index contributed by atoms with van der Waals surface area (Å²) in [6, 6.07) is 11.6. The number of carbonyl (C=O) groups is 1. The molecule has 1 heterocycles. The van der Waals surface area contributed by atoms with Crippen molar-refractivity contribution in [3.05, 3.63) is 42.1 Å². The normalized spacial score (nSPS) is 12.0. The first kappa shape index (κ1) is 27.9. The molecule has 0 aliphatic rings. The number of nitrogens with one attached hydrogen (secondary N) is 1. The molecular formula is C29H47N3O2. The van der Waals surface area contributed by atoms with Gasteiger partial charge in [-0.15, -0.1) is 0 Å². The second kappa shape index (κ2) is 17.2. The number of unbranched alkanes of at least 4 members (excludes halogenated alkanes) is 13. The van der Waals surface area contributed by atoms with E-state index in [-0.39, 0.29) is 11.8 Å². The summed E-state index contributed by atoms with van der Waals surface area (Å²) in [5.74, 6) is 0.375. The third-order valence-corrected chi connectivity index (χ3v) is 6.49. The Morgan fingerprint density at radius 2 is 1.41 bits per heavy atom. The minimum Gasteiger partial charge on any atom is -0.359 e. The van der Waals surface area contributed by atoms with E-state index in [0.29, 0.717) is 5.88 Å². The number of aromatic nitrogens is 2. The van der Waals surface area contributed by atoms with Crippen LogP contribution in [0.4, 0.5) is 0 Å². The van der Waals surface area contributed by atoms with Gasteiger partial charge in [0.05, 0.1) is 11.4 Å². The Kier molecular flexibility index (Phi) is 14.1. The van der Waals surface area contributed by atoms with Crippen LogP contribution in [0.3, 0.4) is 0 Å². The zero-order valence-corrected chi connectivity index (χ0v) is 21.9. The summed E-state index contributed by atoms with van der Waals surface area (Å²) in [4.78, 5) is 18.1. The van der Waals surface area contributed by atoms with Crippen molar-refractivity contribution in [3.8, 4) is 11.6 Å². The van der Waals surface area contributed by atoms with Crippen LogP contribution in [0.5, 0.6) is 5.88 Å². The Hall–Kier alpha value is -2.30. The molecule has 0 aliphatic heterocycles. The molecule has 5 nitrogen and oxygen atoms in total. The lowest BCUT2D eigenvalue weighted by molar-refractivity contribution is -0.131. The molecule has 2 aromatic rings. The van der Waals surface area contributed by atoms with E-state index in [0.717, 1.165) is 24.2 Å². The number of carbonyl (C=O) groups excluding carboxylic acids is 1. The van der Waals surface area contributed by atoms with Crippen molar-refractivity contribution in [1.82, 2.24) is 15.3 Å². The van der Waals surface area contributed by atoms with Gasteiger partial charge in [0, 0.05) is 12.0 Å². The Balaban J connectivity index is 1.50. The molecule has 1 N–H and O–H groups in total. The van der Waals surface area contributed by atoms with E-state index in [1.54, 1.807) is 4.68 Å². The van der Waals surface area contributed by atoms with Crippen LogP contribution >= 0.6 is 0 Å². The highest BCUT2D eigenvalue weighted by molar-refractivity contribution is 5.77. The van der Waals surface area contributed by atoms with Crippen molar-refractivity contribution in [3.63, 3.8) is 0 Å². The Morgan fingerprint density at radius 3 is 1.97 bits per heavy atom. The van der Waals surface area contributed by atoms with Crippen LogP contribution in [0.15, 0.2) is 36.4 Å². The first-order chi connectivity index (χ1) is 16.6. The van der Waals surface area contributed by atoms with Gasteiger partial charge in [-0.1, -0.05) is 122 Å². The second-order valence-corrected chi connectivity index (χ2v) is 9.73. The maximum atomic E-state index is 12.5. The van der Waals surface area contributed by atoms with Crippen LogP contribution in [0.2, 0.25) is 0 Å². The van der Waals surface area contributed by atoms with Crippen molar-refractivity contribution < 1.29 is 9.63 Å². The number of rotatable bonds is 19. The fourth-order valence-electron chi connectivity index (χ4n) is 4.28. The molecule has 0 saturated heterocycles. The maximum absolute atomic E-state index is 12.5. The van der Waals surface area contributed by atoms with Crippen LogP contribution in [-0.2, 0) is 4.79 Å². The van der Waals surface area contributed by atoms with Gasteiger partial charge in [-0.3, -0.25) is 4.79 Å². The summed E-state index contributed by atoms with van der Waals surface area (Å²) in [6.45, 7) is 6.16. The molecule has 0 radical (unpaired) electrons. The van der Waals surface area contributed by atoms with Gasteiger partial charge >= 0.3 is 0 Å². The smallest absolute Gasteiger partial charge is 0.255 e. The second-order valence-electron chi connectivity index (χ2n) is 9.73. The molecule has 0 spiro atoms. The van der Waals surface area contributed by atoms with Crippen molar-refractivity contribution in [2.24, 2.45) is 5.92 Å². The van der Waals surface area contributed by atoms with E-state index in [9.17, 15) is 4.79 Å². The molecule has 1 aromatic carbocycles. The number of hydrogen-bond donors (Lipinski definition) is 1. The maximum Gasteiger partial charge on any atom is 0.255 e. The molecule has 0 aliphatic carbocycles. The van der Waals surface area contributed by atoms with Gasteiger partial charge in [0.15, 0.2) is 0 Å². The number of para-hydroxylation sites is 1.